The fourth-order valence-electron chi connectivity index (χ4n) is 2.43. The summed E-state index contributed by atoms with van der Waals surface area (Å²) in [5.41, 5.74) is 3.69. The van der Waals surface area contributed by atoms with Gasteiger partial charge in [-0.2, -0.15) is 11.3 Å². The monoisotopic (exact) mass is 282 g/mol. The molecule has 0 amide bonds. The van der Waals surface area contributed by atoms with Crippen LogP contribution in [-0.2, 0) is 0 Å². The van der Waals surface area contributed by atoms with E-state index in [0.29, 0.717) is 0 Å². The molecule has 20 heavy (non-hydrogen) atoms. The summed E-state index contributed by atoms with van der Waals surface area (Å²) < 4.78 is 0. The molecule has 0 bridgehead atoms. The Bertz CT molecular complexity index is 676. The standard InChI is InChI=1S/C17H18N2S/c1-2-8-19-17(15-7-10-20-12-15)14-5-6-16-13(11-14)4-3-9-18-16/h3-7,9-12,17,19H,2,8H2,1H3. The highest BCUT2D eigenvalue weighted by Gasteiger charge is 2.14. The molecule has 0 aliphatic rings. The average molecular weight is 282 g/mol. The van der Waals surface area contributed by atoms with Crippen molar-refractivity contribution in [2.45, 2.75) is 19.4 Å². The first kappa shape index (κ1) is 13.3. The molecule has 0 fully saturated rings. The van der Waals surface area contributed by atoms with Gasteiger partial charge in [-0.1, -0.05) is 19.1 Å². The van der Waals surface area contributed by atoms with E-state index >= 15 is 0 Å². The smallest absolute Gasteiger partial charge is 0.0702 e. The second-order valence-electron chi connectivity index (χ2n) is 4.90. The molecular formula is C17H18N2S. The van der Waals surface area contributed by atoms with Gasteiger partial charge >= 0.3 is 0 Å². The molecule has 2 nitrogen and oxygen atoms in total. The topological polar surface area (TPSA) is 24.9 Å². The van der Waals surface area contributed by atoms with Gasteiger partial charge in [0.15, 0.2) is 0 Å². The van der Waals surface area contributed by atoms with E-state index in [4.69, 9.17) is 0 Å². The molecule has 1 atom stereocenters. The van der Waals surface area contributed by atoms with Gasteiger partial charge in [-0.3, -0.25) is 4.98 Å². The molecule has 2 heterocycles. The molecular weight excluding hydrogens is 264 g/mol. The van der Waals surface area contributed by atoms with Gasteiger partial charge in [0.1, 0.15) is 0 Å². The van der Waals surface area contributed by atoms with E-state index in [2.05, 4.69) is 58.3 Å². The predicted molar refractivity (Wildman–Crippen MR) is 86.2 cm³/mol. The number of thiophene rings is 1. The quantitative estimate of drug-likeness (QED) is 0.751. The molecule has 0 aliphatic heterocycles. The summed E-state index contributed by atoms with van der Waals surface area (Å²) in [7, 11) is 0. The number of fused-ring (bicyclic) bond motifs is 1. The van der Waals surface area contributed by atoms with Crippen LogP contribution >= 0.6 is 11.3 Å². The van der Waals surface area contributed by atoms with E-state index in [1.54, 1.807) is 11.3 Å². The zero-order valence-electron chi connectivity index (χ0n) is 11.5. The zero-order valence-corrected chi connectivity index (χ0v) is 12.4. The molecule has 2 aromatic heterocycles. The van der Waals surface area contributed by atoms with E-state index in [-0.39, 0.29) is 6.04 Å². The van der Waals surface area contributed by atoms with Crippen molar-refractivity contribution in [1.29, 1.82) is 0 Å². The normalized spacial score (nSPS) is 12.7. The van der Waals surface area contributed by atoms with E-state index < -0.39 is 0 Å². The Labute approximate surface area is 123 Å². The highest BCUT2D eigenvalue weighted by molar-refractivity contribution is 7.08. The van der Waals surface area contributed by atoms with Crippen molar-refractivity contribution in [3.8, 4) is 0 Å². The number of nitrogens with one attached hydrogen (secondary N) is 1. The van der Waals surface area contributed by atoms with Gasteiger partial charge in [0.05, 0.1) is 11.6 Å². The Balaban J connectivity index is 1.99. The number of pyridine rings is 1. The molecule has 1 unspecified atom stereocenters. The van der Waals surface area contributed by atoms with Crippen LogP contribution in [0.15, 0.2) is 53.4 Å². The molecule has 3 rings (SSSR count). The third-order valence-corrected chi connectivity index (χ3v) is 4.14. The highest BCUT2D eigenvalue weighted by Crippen LogP contribution is 2.26. The Morgan fingerprint density at radius 2 is 2.15 bits per heavy atom. The maximum atomic E-state index is 4.39. The summed E-state index contributed by atoms with van der Waals surface area (Å²) in [4.78, 5) is 4.39. The summed E-state index contributed by atoms with van der Waals surface area (Å²) in [5, 5.41) is 9.20. The maximum absolute atomic E-state index is 4.39. The number of benzene rings is 1. The molecule has 0 saturated heterocycles. The molecule has 0 aliphatic carbocycles. The second kappa shape index (κ2) is 6.16. The first-order valence-electron chi connectivity index (χ1n) is 6.98. The highest BCUT2D eigenvalue weighted by atomic mass is 32.1. The number of hydrogen-bond acceptors (Lipinski definition) is 3. The summed E-state index contributed by atoms with van der Waals surface area (Å²) in [6.07, 6.45) is 2.98. The molecule has 1 aromatic carbocycles. The van der Waals surface area contributed by atoms with Crippen molar-refractivity contribution < 1.29 is 0 Å². The minimum Gasteiger partial charge on any atom is -0.306 e. The lowest BCUT2D eigenvalue weighted by atomic mass is 9.99. The fourth-order valence-corrected chi connectivity index (χ4v) is 3.12. The van der Waals surface area contributed by atoms with Gasteiger partial charge in [0.2, 0.25) is 0 Å². The zero-order chi connectivity index (χ0) is 13.8. The van der Waals surface area contributed by atoms with E-state index in [9.17, 15) is 0 Å². The van der Waals surface area contributed by atoms with Gasteiger partial charge in [-0.05, 0) is 59.1 Å². The molecule has 1 N–H and O–H groups in total. The van der Waals surface area contributed by atoms with Gasteiger partial charge < -0.3 is 5.32 Å². The largest absolute Gasteiger partial charge is 0.306 e. The van der Waals surface area contributed by atoms with Crippen molar-refractivity contribution >= 4 is 22.2 Å². The fraction of sp³-hybridized carbons (Fsp3) is 0.235. The maximum Gasteiger partial charge on any atom is 0.0702 e. The van der Waals surface area contributed by atoms with Crippen LogP contribution in [0.5, 0.6) is 0 Å². The van der Waals surface area contributed by atoms with Crippen LogP contribution in [0.3, 0.4) is 0 Å². The first-order valence-corrected chi connectivity index (χ1v) is 7.93. The Morgan fingerprint density at radius 1 is 1.20 bits per heavy atom. The molecule has 0 saturated carbocycles. The Kier molecular flexibility index (Phi) is 4.09. The molecule has 102 valence electrons. The second-order valence-corrected chi connectivity index (χ2v) is 5.68. The number of aromatic nitrogens is 1. The minimum atomic E-state index is 0.269. The first-order chi connectivity index (χ1) is 9.88. The van der Waals surface area contributed by atoms with Crippen LogP contribution in [0.2, 0.25) is 0 Å². The van der Waals surface area contributed by atoms with Gasteiger partial charge in [0, 0.05) is 11.6 Å². The average Bonchev–Trinajstić information content (AvgIpc) is 3.02. The van der Waals surface area contributed by atoms with Gasteiger partial charge in [-0.15, -0.1) is 0 Å². The van der Waals surface area contributed by atoms with Crippen LogP contribution in [0.25, 0.3) is 10.9 Å². The van der Waals surface area contributed by atoms with Crippen molar-refractivity contribution in [3.05, 3.63) is 64.5 Å². The summed E-state index contributed by atoms with van der Waals surface area (Å²) in [6.45, 7) is 3.22. The van der Waals surface area contributed by atoms with Gasteiger partial charge in [0.25, 0.3) is 0 Å². The summed E-state index contributed by atoms with van der Waals surface area (Å²) >= 11 is 1.75. The van der Waals surface area contributed by atoms with E-state index in [1.807, 2.05) is 12.3 Å². The number of hydrogen-bond donors (Lipinski definition) is 1. The lowest BCUT2D eigenvalue weighted by molar-refractivity contribution is 0.600. The number of nitrogens with zero attached hydrogens (tertiary/aromatic N) is 1. The molecule has 0 radical (unpaired) electrons. The van der Waals surface area contributed by atoms with Crippen molar-refractivity contribution in [2.75, 3.05) is 6.54 Å². The summed E-state index contributed by atoms with van der Waals surface area (Å²) in [5.74, 6) is 0. The van der Waals surface area contributed by atoms with Crippen LogP contribution in [0.1, 0.15) is 30.5 Å². The SMILES string of the molecule is CCCNC(c1ccsc1)c1ccc2ncccc2c1. The van der Waals surface area contributed by atoms with Crippen LogP contribution < -0.4 is 5.32 Å². The molecule has 0 spiro atoms. The Hall–Kier alpha value is -1.71. The molecule has 3 heteroatoms. The van der Waals surface area contributed by atoms with Crippen LogP contribution in [-0.4, -0.2) is 11.5 Å². The molecule has 3 aromatic rings. The third kappa shape index (κ3) is 2.74. The van der Waals surface area contributed by atoms with Crippen molar-refractivity contribution in [1.82, 2.24) is 10.3 Å². The Morgan fingerprint density at radius 3 is 2.95 bits per heavy atom. The van der Waals surface area contributed by atoms with Crippen molar-refractivity contribution in [2.24, 2.45) is 0 Å². The van der Waals surface area contributed by atoms with Crippen molar-refractivity contribution in [3.63, 3.8) is 0 Å². The van der Waals surface area contributed by atoms with Crippen LogP contribution in [0.4, 0.5) is 0 Å². The minimum absolute atomic E-state index is 0.269. The number of rotatable bonds is 5. The lowest BCUT2D eigenvalue weighted by Gasteiger charge is -2.18. The van der Waals surface area contributed by atoms with Crippen LogP contribution in [0, 0.1) is 0 Å². The third-order valence-electron chi connectivity index (χ3n) is 3.44. The van der Waals surface area contributed by atoms with E-state index in [0.717, 1.165) is 18.5 Å². The predicted octanol–water partition coefficient (Wildman–Crippen LogP) is 4.39. The van der Waals surface area contributed by atoms with E-state index in [1.165, 1.54) is 16.5 Å². The van der Waals surface area contributed by atoms with Gasteiger partial charge in [-0.25, -0.2) is 0 Å². The lowest BCUT2D eigenvalue weighted by Crippen LogP contribution is -2.22. The summed E-state index contributed by atoms with van der Waals surface area (Å²) in [6, 6.07) is 13.1.